The number of carbonyl (C=O) groups is 1. The van der Waals surface area contributed by atoms with Gasteiger partial charge in [-0.05, 0) is 101 Å². The smallest absolute Gasteiger partial charge is 0.410 e. The first-order valence-corrected chi connectivity index (χ1v) is 13.6. The van der Waals surface area contributed by atoms with Crippen molar-refractivity contribution in [3.8, 4) is 0 Å². The van der Waals surface area contributed by atoms with Crippen LogP contribution in [0, 0.1) is 0 Å². The van der Waals surface area contributed by atoms with Crippen LogP contribution in [0.5, 0.6) is 0 Å². The molecular formula is C27H37FN2O4S. The van der Waals surface area contributed by atoms with Gasteiger partial charge < -0.3 is 9.64 Å². The van der Waals surface area contributed by atoms with E-state index in [0.717, 1.165) is 30.4 Å². The molecule has 35 heavy (non-hydrogen) atoms. The number of fused-ring (bicyclic) bond motifs is 1. The standard InChI is InChI=1S/C27H37FN2O4S/c1-7-16-30(25(31)34-26(2,3)4)23-13-9-19-17-22(12-8-20(19)18-23)29-35(32,33)24-14-10-21(11-15-24)27(5,6)28/h8,10-12,14-15,17,23,29H,7,9,13,16,18H2,1-6H3. The lowest BCUT2D eigenvalue weighted by atomic mass is 9.87. The highest BCUT2D eigenvalue weighted by Gasteiger charge is 2.31. The molecule has 0 saturated carbocycles. The van der Waals surface area contributed by atoms with E-state index in [1.807, 2.05) is 44.7 Å². The molecule has 1 aliphatic carbocycles. The summed E-state index contributed by atoms with van der Waals surface area (Å²) in [5.74, 6) is 0. The number of halogens is 1. The molecule has 0 aliphatic heterocycles. The zero-order valence-electron chi connectivity index (χ0n) is 21.5. The van der Waals surface area contributed by atoms with Crippen LogP contribution in [0.25, 0.3) is 0 Å². The van der Waals surface area contributed by atoms with Crippen molar-refractivity contribution in [2.45, 2.75) is 89.4 Å². The molecule has 1 aliphatic rings. The van der Waals surface area contributed by atoms with Gasteiger partial charge in [-0.2, -0.15) is 0 Å². The summed E-state index contributed by atoms with van der Waals surface area (Å²) in [5, 5.41) is 0. The van der Waals surface area contributed by atoms with Gasteiger partial charge in [-0.15, -0.1) is 0 Å². The van der Waals surface area contributed by atoms with Gasteiger partial charge in [0, 0.05) is 18.3 Å². The van der Waals surface area contributed by atoms with Gasteiger partial charge in [-0.1, -0.05) is 25.1 Å². The number of nitrogens with one attached hydrogen (secondary N) is 1. The predicted octanol–water partition coefficient (Wildman–Crippen LogP) is 6.20. The van der Waals surface area contributed by atoms with Crippen LogP contribution >= 0.6 is 0 Å². The zero-order valence-corrected chi connectivity index (χ0v) is 22.3. The summed E-state index contributed by atoms with van der Waals surface area (Å²) in [6.07, 6.45) is 2.76. The highest BCUT2D eigenvalue weighted by atomic mass is 32.2. The second-order valence-corrected chi connectivity index (χ2v) is 12.3. The Morgan fingerprint density at radius 3 is 2.31 bits per heavy atom. The Morgan fingerprint density at radius 2 is 1.74 bits per heavy atom. The number of nitrogens with zero attached hydrogens (tertiary/aromatic N) is 1. The molecule has 192 valence electrons. The minimum absolute atomic E-state index is 0.0399. The Hall–Kier alpha value is -2.61. The SMILES string of the molecule is CCCN(C(=O)OC(C)(C)C)C1CCc2cc(NS(=O)(=O)c3ccc(C(C)(C)F)cc3)ccc2C1. The molecule has 2 aromatic carbocycles. The molecule has 0 heterocycles. The Labute approximate surface area is 208 Å². The van der Waals surface area contributed by atoms with Gasteiger partial charge in [-0.25, -0.2) is 17.6 Å². The summed E-state index contributed by atoms with van der Waals surface area (Å²) >= 11 is 0. The maximum Gasteiger partial charge on any atom is 0.410 e. The lowest BCUT2D eigenvalue weighted by molar-refractivity contribution is 0.0146. The van der Waals surface area contributed by atoms with Crippen LogP contribution in [0.3, 0.4) is 0 Å². The van der Waals surface area contributed by atoms with E-state index in [1.54, 1.807) is 6.07 Å². The molecule has 1 amide bonds. The van der Waals surface area contributed by atoms with Crippen LogP contribution in [0.2, 0.25) is 0 Å². The number of hydrogen-bond acceptors (Lipinski definition) is 4. The van der Waals surface area contributed by atoms with E-state index >= 15 is 0 Å². The van der Waals surface area contributed by atoms with E-state index < -0.39 is 21.3 Å². The second-order valence-electron chi connectivity index (χ2n) is 10.7. The first-order valence-electron chi connectivity index (χ1n) is 12.1. The van der Waals surface area contributed by atoms with Gasteiger partial charge >= 0.3 is 6.09 Å². The highest BCUT2D eigenvalue weighted by molar-refractivity contribution is 7.92. The largest absolute Gasteiger partial charge is 0.444 e. The van der Waals surface area contributed by atoms with Gasteiger partial charge in [0.25, 0.3) is 10.0 Å². The molecule has 0 aromatic heterocycles. The summed E-state index contributed by atoms with van der Waals surface area (Å²) in [5.41, 5.74) is 0.977. The van der Waals surface area contributed by atoms with Crippen molar-refractivity contribution in [2.24, 2.45) is 0 Å². The second kappa shape index (κ2) is 10.2. The maximum atomic E-state index is 14.1. The van der Waals surface area contributed by atoms with Crippen molar-refractivity contribution in [3.63, 3.8) is 0 Å². The van der Waals surface area contributed by atoms with Crippen LogP contribution in [-0.4, -0.2) is 37.6 Å². The van der Waals surface area contributed by atoms with Gasteiger partial charge in [0.2, 0.25) is 0 Å². The summed E-state index contributed by atoms with van der Waals surface area (Å²) < 4.78 is 48.1. The van der Waals surface area contributed by atoms with E-state index in [4.69, 9.17) is 4.74 Å². The molecule has 8 heteroatoms. The van der Waals surface area contributed by atoms with Gasteiger partial charge in [0.05, 0.1) is 4.90 Å². The van der Waals surface area contributed by atoms with Crippen molar-refractivity contribution in [3.05, 3.63) is 59.2 Å². The molecule has 2 aromatic rings. The Bertz CT molecular complexity index is 1150. The average Bonchev–Trinajstić information content (AvgIpc) is 2.75. The minimum Gasteiger partial charge on any atom is -0.444 e. The van der Waals surface area contributed by atoms with Gasteiger partial charge in [0.1, 0.15) is 11.3 Å². The molecule has 1 N–H and O–H groups in total. The molecule has 1 unspecified atom stereocenters. The Balaban J connectivity index is 1.74. The number of aryl methyl sites for hydroxylation is 1. The number of anilines is 1. The van der Waals surface area contributed by atoms with E-state index in [-0.39, 0.29) is 17.0 Å². The van der Waals surface area contributed by atoms with E-state index in [0.29, 0.717) is 24.2 Å². The van der Waals surface area contributed by atoms with Crippen LogP contribution in [-0.2, 0) is 33.3 Å². The molecule has 0 fully saturated rings. The summed E-state index contributed by atoms with van der Waals surface area (Å²) in [4.78, 5) is 14.7. The van der Waals surface area contributed by atoms with E-state index in [1.165, 1.54) is 38.1 Å². The third-order valence-corrected chi connectivity index (χ3v) is 7.44. The van der Waals surface area contributed by atoms with Crippen molar-refractivity contribution in [2.75, 3.05) is 11.3 Å². The summed E-state index contributed by atoms with van der Waals surface area (Å²) in [6, 6.07) is 11.4. The van der Waals surface area contributed by atoms with E-state index in [2.05, 4.69) is 4.72 Å². The molecule has 3 rings (SSSR count). The van der Waals surface area contributed by atoms with E-state index in [9.17, 15) is 17.6 Å². The lowest BCUT2D eigenvalue weighted by Crippen LogP contribution is -2.46. The number of alkyl halides is 1. The monoisotopic (exact) mass is 504 g/mol. The molecule has 0 radical (unpaired) electrons. The summed E-state index contributed by atoms with van der Waals surface area (Å²) in [7, 11) is -3.80. The van der Waals surface area contributed by atoms with Crippen LogP contribution in [0.15, 0.2) is 47.4 Å². The summed E-state index contributed by atoms with van der Waals surface area (Å²) in [6.45, 7) is 11.1. The molecule has 0 spiro atoms. The normalized spacial score (nSPS) is 16.4. The highest BCUT2D eigenvalue weighted by Crippen LogP contribution is 2.30. The van der Waals surface area contributed by atoms with Crippen LogP contribution in [0.4, 0.5) is 14.9 Å². The number of amides is 1. The third-order valence-electron chi connectivity index (χ3n) is 6.05. The number of sulfonamides is 1. The zero-order chi connectivity index (χ0) is 26.0. The average molecular weight is 505 g/mol. The number of carbonyl (C=O) groups excluding carboxylic acids is 1. The quantitative estimate of drug-likeness (QED) is 0.487. The number of ether oxygens (including phenoxy) is 1. The molecule has 6 nitrogen and oxygen atoms in total. The molecule has 0 bridgehead atoms. The topological polar surface area (TPSA) is 75.7 Å². The Morgan fingerprint density at radius 1 is 1.09 bits per heavy atom. The minimum atomic E-state index is -3.80. The van der Waals surface area contributed by atoms with Crippen molar-refractivity contribution < 1.29 is 22.3 Å². The third kappa shape index (κ3) is 6.97. The van der Waals surface area contributed by atoms with Crippen LogP contribution in [0.1, 0.15) is 71.1 Å². The Kier molecular flexibility index (Phi) is 7.84. The fourth-order valence-electron chi connectivity index (χ4n) is 4.29. The molecular weight excluding hydrogens is 467 g/mol. The number of benzene rings is 2. The lowest BCUT2D eigenvalue weighted by Gasteiger charge is -2.36. The fraction of sp³-hybridized carbons (Fsp3) is 0.519. The first-order chi connectivity index (χ1) is 16.2. The van der Waals surface area contributed by atoms with Crippen molar-refractivity contribution >= 4 is 21.8 Å². The molecule has 1 atom stereocenters. The van der Waals surface area contributed by atoms with Crippen molar-refractivity contribution in [1.82, 2.24) is 4.90 Å². The van der Waals surface area contributed by atoms with Gasteiger partial charge in [0.15, 0.2) is 0 Å². The number of hydrogen-bond donors (Lipinski definition) is 1. The number of rotatable bonds is 7. The maximum absolute atomic E-state index is 14.1. The van der Waals surface area contributed by atoms with Crippen LogP contribution < -0.4 is 4.72 Å². The van der Waals surface area contributed by atoms with Crippen molar-refractivity contribution in [1.29, 1.82) is 0 Å². The molecule has 0 saturated heterocycles. The predicted molar refractivity (Wildman–Crippen MR) is 137 cm³/mol. The first kappa shape index (κ1) is 27.0. The fourth-order valence-corrected chi connectivity index (χ4v) is 5.34. The van der Waals surface area contributed by atoms with Gasteiger partial charge in [-0.3, -0.25) is 4.72 Å².